The minimum Gasteiger partial charge on any atom is -0.379 e. The van der Waals surface area contributed by atoms with E-state index in [2.05, 4.69) is 15.2 Å². The van der Waals surface area contributed by atoms with Crippen LogP contribution in [0.4, 0.5) is 13.2 Å². The number of morpholine rings is 1. The molecule has 1 amide bonds. The highest BCUT2D eigenvalue weighted by Gasteiger charge is 2.39. The number of alkyl halides is 3. The molecule has 1 fully saturated rings. The van der Waals surface area contributed by atoms with Crippen LogP contribution in [0, 0.1) is 0 Å². The summed E-state index contributed by atoms with van der Waals surface area (Å²) >= 11 is 0.757. The van der Waals surface area contributed by atoms with Crippen molar-refractivity contribution in [1.82, 2.24) is 15.2 Å². The molecule has 3 rings (SSSR count). The molecule has 1 N–H and O–H groups in total. The molecule has 0 spiro atoms. The van der Waals surface area contributed by atoms with E-state index in [1.54, 1.807) is 30.3 Å². The first kappa shape index (κ1) is 18.8. The zero-order valence-electron chi connectivity index (χ0n) is 13.9. The molecular weight excluding hydrogens is 367 g/mol. The lowest BCUT2D eigenvalue weighted by molar-refractivity contribution is -0.141. The molecule has 1 aliphatic heterocycles. The SMILES string of the molecule is O=C(NCCN1CCOCC1)c1sc(-c2ccccc2)nc1C(F)(F)F. The summed E-state index contributed by atoms with van der Waals surface area (Å²) in [6.07, 6.45) is -4.68. The van der Waals surface area contributed by atoms with E-state index in [0.717, 1.165) is 24.4 Å². The average Bonchev–Trinajstić information content (AvgIpc) is 3.09. The Hall–Kier alpha value is -1.97. The van der Waals surface area contributed by atoms with Crippen LogP contribution in [-0.4, -0.2) is 55.2 Å². The molecule has 2 aromatic rings. The second kappa shape index (κ2) is 8.15. The van der Waals surface area contributed by atoms with Gasteiger partial charge in [-0.25, -0.2) is 4.98 Å². The second-order valence-corrected chi connectivity index (χ2v) is 6.77. The molecule has 26 heavy (non-hydrogen) atoms. The van der Waals surface area contributed by atoms with E-state index in [9.17, 15) is 18.0 Å². The Kier molecular flexibility index (Phi) is 5.90. The zero-order valence-corrected chi connectivity index (χ0v) is 14.7. The highest BCUT2D eigenvalue weighted by atomic mass is 32.1. The Morgan fingerprint density at radius 2 is 1.92 bits per heavy atom. The molecule has 1 aromatic carbocycles. The summed E-state index contributed by atoms with van der Waals surface area (Å²) in [4.78, 5) is 17.7. The number of aromatic nitrogens is 1. The highest BCUT2D eigenvalue weighted by Crippen LogP contribution is 2.37. The predicted octanol–water partition coefficient (Wildman–Crippen LogP) is 2.89. The number of carbonyl (C=O) groups is 1. The van der Waals surface area contributed by atoms with Crippen LogP contribution in [0.5, 0.6) is 0 Å². The smallest absolute Gasteiger partial charge is 0.379 e. The quantitative estimate of drug-likeness (QED) is 0.860. The number of thiazole rings is 1. The van der Waals surface area contributed by atoms with Gasteiger partial charge in [0.1, 0.15) is 9.88 Å². The lowest BCUT2D eigenvalue weighted by atomic mass is 10.2. The lowest BCUT2D eigenvalue weighted by Gasteiger charge is -2.26. The van der Waals surface area contributed by atoms with Crippen LogP contribution in [-0.2, 0) is 10.9 Å². The van der Waals surface area contributed by atoms with Gasteiger partial charge >= 0.3 is 6.18 Å². The molecule has 0 unspecified atom stereocenters. The van der Waals surface area contributed by atoms with Gasteiger partial charge < -0.3 is 10.1 Å². The van der Waals surface area contributed by atoms with Gasteiger partial charge in [0.25, 0.3) is 5.91 Å². The van der Waals surface area contributed by atoms with Gasteiger partial charge in [-0.05, 0) is 0 Å². The number of amides is 1. The number of rotatable bonds is 5. The van der Waals surface area contributed by atoms with Crippen molar-refractivity contribution in [3.63, 3.8) is 0 Å². The van der Waals surface area contributed by atoms with Crippen LogP contribution in [0.3, 0.4) is 0 Å². The highest BCUT2D eigenvalue weighted by molar-refractivity contribution is 7.17. The van der Waals surface area contributed by atoms with Crippen molar-refractivity contribution in [3.05, 3.63) is 40.9 Å². The second-order valence-electron chi connectivity index (χ2n) is 5.77. The van der Waals surface area contributed by atoms with Gasteiger partial charge in [0, 0.05) is 31.7 Å². The molecule has 140 valence electrons. The van der Waals surface area contributed by atoms with Crippen molar-refractivity contribution in [2.24, 2.45) is 0 Å². The predicted molar refractivity (Wildman–Crippen MR) is 92.1 cm³/mol. The molecule has 1 saturated heterocycles. The molecule has 0 radical (unpaired) electrons. The summed E-state index contributed by atoms with van der Waals surface area (Å²) in [6.45, 7) is 3.60. The third kappa shape index (κ3) is 4.60. The molecule has 1 aliphatic rings. The van der Waals surface area contributed by atoms with Crippen molar-refractivity contribution >= 4 is 17.2 Å². The number of hydrogen-bond donors (Lipinski definition) is 1. The summed E-state index contributed by atoms with van der Waals surface area (Å²) in [5, 5.41) is 2.75. The fourth-order valence-electron chi connectivity index (χ4n) is 2.60. The Balaban J connectivity index is 1.72. The number of ether oxygens (including phenoxy) is 1. The maximum Gasteiger partial charge on any atom is 0.435 e. The summed E-state index contributed by atoms with van der Waals surface area (Å²) in [6, 6.07) is 8.53. The van der Waals surface area contributed by atoms with Gasteiger partial charge in [-0.2, -0.15) is 13.2 Å². The van der Waals surface area contributed by atoms with Crippen LogP contribution in [0.25, 0.3) is 10.6 Å². The van der Waals surface area contributed by atoms with Crippen LogP contribution >= 0.6 is 11.3 Å². The fraction of sp³-hybridized carbons (Fsp3) is 0.412. The molecule has 2 heterocycles. The van der Waals surface area contributed by atoms with Gasteiger partial charge in [0.05, 0.1) is 13.2 Å². The van der Waals surface area contributed by atoms with Crippen LogP contribution in [0.2, 0.25) is 0 Å². The monoisotopic (exact) mass is 385 g/mol. The van der Waals surface area contributed by atoms with E-state index in [4.69, 9.17) is 4.74 Å². The van der Waals surface area contributed by atoms with E-state index >= 15 is 0 Å². The van der Waals surface area contributed by atoms with Gasteiger partial charge in [-0.1, -0.05) is 30.3 Å². The number of nitrogens with one attached hydrogen (secondary N) is 1. The summed E-state index contributed by atoms with van der Waals surface area (Å²) in [5.41, 5.74) is -0.583. The summed E-state index contributed by atoms with van der Waals surface area (Å²) in [5.74, 6) is -0.745. The van der Waals surface area contributed by atoms with Crippen molar-refractivity contribution in [3.8, 4) is 10.6 Å². The van der Waals surface area contributed by atoms with E-state index in [1.807, 2.05) is 0 Å². The molecular formula is C17H18F3N3O2S. The summed E-state index contributed by atoms with van der Waals surface area (Å²) in [7, 11) is 0. The third-order valence-electron chi connectivity index (χ3n) is 3.94. The van der Waals surface area contributed by atoms with Gasteiger partial charge in [0.2, 0.25) is 0 Å². The van der Waals surface area contributed by atoms with E-state index in [0.29, 0.717) is 25.3 Å². The minimum absolute atomic E-state index is 0.177. The first-order chi connectivity index (χ1) is 12.4. The molecule has 5 nitrogen and oxygen atoms in total. The van der Waals surface area contributed by atoms with Crippen molar-refractivity contribution in [2.45, 2.75) is 6.18 Å². The van der Waals surface area contributed by atoms with Gasteiger partial charge in [-0.3, -0.25) is 9.69 Å². The maximum atomic E-state index is 13.3. The molecule has 0 atom stereocenters. The Morgan fingerprint density at radius 3 is 2.58 bits per heavy atom. The van der Waals surface area contributed by atoms with Crippen molar-refractivity contribution in [1.29, 1.82) is 0 Å². The number of hydrogen-bond acceptors (Lipinski definition) is 5. The first-order valence-corrected chi connectivity index (χ1v) is 8.98. The maximum absolute atomic E-state index is 13.3. The third-order valence-corrected chi connectivity index (χ3v) is 5.04. The molecule has 9 heteroatoms. The Morgan fingerprint density at radius 1 is 1.23 bits per heavy atom. The standard InChI is InChI=1S/C17H18F3N3O2S/c18-17(19,20)14-13(26-16(22-14)12-4-2-1-3-5-12)15(24)21-6-7-23-8-10-25-11-9-23/h1-5H,6-11H2,(H,21,24). The van der Waals surface area contributed by atoms with Crippen LogP contribution in [0.15, 0.2) is 30.3 Å². The van der Waals surface area contributed by atoms with Gasteiger partial charge in [0.15, 0.2) is 5.69 Å². The largest absolute Gasteiger partial charge is 0.435 e. The number of benzene rings is 1. The van der Waals surface area contributed by atoms with Gasteiger partial charge in [-0.15, -0.1) is 11.3 Å². The van der Waals surface area contributed by atoms with E-state index in [-0.39, 0.29) is 11.6 Å². The minimum atomic E-state index is -4.68. The van der Waals surface area contributed by atoms with E-state index < -0.39 is 22.7 Å². The van der Waals surface area contributed by atoms with E-state index in [1.165, 1.54) is 0 Å². The zero-order chi connectivity index (χ0) is 18.6. The Bertz CT molecular complexity index is 743. The Labute approximate surface area is 152 Å². The number of halogens is 3. The molecule has 0 bridgehead atoms. The van der Waals surface area contributed by atoms with Crippen LogP contribution < -0.4 is 5.32 Å². The first-order valence-electron chi connectivity index (χ1n) is 8.17. The fourth-order valence-corrected chi connectivity index (χ4v) is 3.61. The lowest BCUT2D eigenvalue weighted by Crippen LogP contribution is -2.41. The topological polar surface area (TPSA) is 54.5 Å². The molecule has 1 aromatic heterocycles. The molecule has 0 aliphatic carbocycles. The summed E-state index contributed by atoms with van der Waals surface area (Å²) < 4.78 is 45.1. The molecule has 0 saturated carbocycles. The number of carbonyl (C=O) groups excluding carboxylic acids is 1. The normalized spacial score (nSPS) is 15.8. The average molecular weight is 385 g/mol. The van der Waals surface area contributed by atoms with Crippen LogP contribution in [0.1, 0.15) is 15.4 Å². The number of nitrogens with zero attached hydrogens (tertiary/aromatic N) is 2. The van der Waals surface area contributed by atoms with Crippen molar-refractivity contribution < 1.29 is 22.7 Å². The van der Waals surface area contributed by atoms with Crippen molar-refractivity contribution in [2.75, 3.05) is 39.4 Å².